The lowest BCUT2D eigenvalue weighted by Gasteiger charge is -2.32. The molecule has 0 spiro atoms. The van der Waals surface area contributed by atoms with Crippen molar-refractivity contribution in [2.24, 2.45) is 11.3 Å². The standard InChI is InChI=1S/C15H24O5/c1-4-19-13(17)15(3,14(18)20-5-2)11-8-6-7-9-12(16)10-11/h11H,4-10H2,1-3H3. The third kappa shape index (κ3) is 3.58. The number of hydrogen-bond acceptors (Lipinski definition) is 5. The first-order chi connectivity index (χ1) is 9.46. The Morgan fingerprint density at radius 3 is 2.20 bits per heavy atom. The smallest absolute Gasteiger partial charge is 0.323 e. The van der Waals surface area contributed by atoms with Gasteiger partial charge in [-0.05, 0) is 39.5 Å². The molecular formula is C15H24O5. The van der Waals surface area contributed by atoms with Gasteiger partial charge in [-0.2, -0.15) is 0 Å². The van der Waals surface area contributed by atoms with Crippen LogP contribution in [0.2, 0.25) is 0 Å². The van der Waals surface area contributed by atoms with Gasteiger partial charge in [0.1, 0.15) is 5.78 Å². The quantitative estimate of drug-likeness (QED) is 0.440. The molecule has 1 unspecified atom stereocenters. The summed E-state index contributed by atoms with van der Waals surface area (Å²) in [5.41, 5.74) is -1.38. The number of rotatable bonds is 5. The van der Waals surface area contributed by atoms with Crippen molar-refractivity contribution >= 4 is 17.7 Å². The number of Topliss-reactive ketones (excluding diaryl/α,β-unsaturated/α-hetero) is 1. The van der Waals surface area contributed by atoms with E-state index in [0.29, 0.717) is 12.8 Å². The summed E-state index contributed by atoms with van der Waals surface area (Å²) in [5.74, 6) is -1.40. The van der Waals surface area contributed by atoms with Crippen molar-refractivity contribution < 1.29 is 23.9 Å². The number of carbonyl (C=O) groups excluding carboxylic acids is 3. The zero-order valence-corrected chi connectivity index (χ0v) is 12.6. The average molecular weight is 284 g/mol. The molecule has 5 heteroatoms. The predicted octanol–water partition coefficient (Wildman–Crippen LogP) is 2.27. The molecule has 0 heterocycles. The fourth-order valence-corrected chi connectivity index (χ4v) is 2.66. The molecular weight excluding hydrogens is 260 g/mol. The van der Waals surface area contributed by atoms with Crippen LogP contribution in [0.4, 0.5) is 0 Å². The average Bonchev–Trinajstić information content (AvgIpc) is 2.63. The fraction of sp³-hybridized carbons (Fsp3) is 0.800. The Morgan fingerprint density at radius 2 is 1.70 bits per heavy atom. The van der Waals surface area contributed by atoms with Gasteiger partial charge in [0.2, 0.25) is 0 Å². The Labute approximate surface area is 120 Å². The van der Waals surface area contributed by atoms with Gasteiger partial charge in [0.15, 0.2) is 5.41 Å². The molecule has 1 rings (SSSR count). The molecule has 0 amide bonds. The second-order valence-corrected chi connectivity index (χ2v) is 5.33. The summed E-state index contributed by atoms with van der Waals surface area (Å²) in [6.45, 7) is 5.35. The third-order valence-corrected chi connectivity index (χ3v) is 3.95. The van der Waals surface area contributed by atoms with Crippen molar-refractivity contribution in [2.75, 3.05) is 13.2 Å². The number of hydrogen-bond donors (Lipinski definition) is 0. The first kappa shape index (κ1) is 16.7. The minimum atomic E-state index is -1.38. The Balaban J connectivity index is 3.04. The van der Waals surface area contributed by atoms with Gasteiger partial charge in [-0.25, -0.2) is 0 Å². The van der Waals surface area contributed by atoms with E-state index in [1.165, 1.54) is 0 Å². The summed E-state index contributed by atoms with van der Waals surface area (Å²) in [7, 11) is 0. The highest BCUT2D eigenvalue weighted by atomic mass is 16.6. The number of carbonyl (C=O) groups is 3. The first-order valence-electron chi connectivity index (χ1n) is 7.32. The van der Waals surface area contributed by atoms with Crippen molar-refractivity contribution in [3.05, 3.63) is 0 Å². The number of ketones is 1. The minimum absolute atomic E-state index is 0.104. The molecule has 0 saturated heterocycles. The van der Waals surface area contributed by atoms with E-state index in [2.05, 4.69) is 0 Å². The fourth-order valence-electron chi connectivity index (χ4n) is 2.66. The van der Waals surface area contributed by atoms with Crippen molar-refractivity contribution in [1.29, 1.82) is 0 Å². The molecule has 1 aliphatic rings. The monoisotopic (exact) mass is 284 g/mol. The lowest BCUT2D eigenvalue weighted by molar-refractivity contribution is -0.175. The van der Waals surface area contributed by atoms with E-state index in [9.17, 15) is 14.4 Å². The van der Waals surface area contributed by atoms with E-state index in [0.717, 1.165) is 12.8 Å². The van der Waals surface area contributed by atoms with Gasteiger partial charge < -0.3 is 9.47 Å². The molecule has 114 valence electrons. The summed E-state index contributed by atoms with van der Waals surface area (Å²) in [5, 5.41) is 0. The Bertz CT molecular complexity index is 356. The molecule has 0 N–H and O–H groups in total. The highest BCUT2D eigenvalue weighted by Gasteiger charge is 2.51. The van der Waals surface area contributed by atoms with E-state index >= 15 is 0 Å². The number of esters is 2. The topological polar surface area (TPSA) is 69.7 Å². The van der Waals surface area contributed by atoms with Crippen LogP contribution < -0.4 is 0 Å². The largest absolute Gasteiger partial charge is 0.465 e. The summed E-state index contributed by atoms with van der Waals surface area (Å²) >= 11 is 0. The molecule has 1 saturated carbocycles. The van der Waals surface area contributed by atoms with Gasteiger partial charge in [-0.15, -0.1) is 0 Å². The van der Waals surface area contributed by atoms with Crippen LogP contribution in [-0.2, 0) is 23.9 Å². The third-order valence-electron chi connectivity index (χ3n) is 3.95. The zero-order valence-electron chi connectivity index (χ0n) is 12.6. The Hall–Kier alpha value is -1.39. The summed E-state index contributed by atoms with van der Waals surface area (Å²) in [6, 6.07) is 0. The summed E-state index contributed by atoms with van der Waals surface area (Å²) in [6.07, 6.45) is 3.09. The van der Waals surface area contributed by atoms with E-state index in [-0.39, 0.29) is 31.3 Å². The molecule has 1 fully saturated rings. The molecule has 20 heavy (non-hydrogen) atoms. The van der Waals surface area contributed by atoms with Crippen molar-refractivity contribution in [3.63, 3.8) is 0 Å². The van der Waals surface area contributed by atoms with E-state index in [1.807, 2.05) is 0 Å². The van der Waals surface area contributed by atoms with Gasteiger partial charge in [0.05, 0.1) is 13.2 Å². The van der Waals surface area contributed by atoms with Crippen LogP contribution in [0.5, 0.6) is 0 Å². The minimum Gasteiger partial charge on any atom is -0.465 e. The molecule has 0 aliphatic heterocycles. The van der Waals surface area contributed by atoms with E-state index in [1.54, 1.807) is 20.8 Å². The summed E-state index contributed by atoms with van der Waals surface area (Å²) < 4.78 is 10.1. The van der Waals surface area contributed by atoms with Gasteiger partial charge in [-0.3, -0.25) is 14.4 Å². The van der Waals surface area contributed by atoms with Crippen LogP contribution in [0.25, 0.3) is 0 Å². The van der Waals surface area contributed by atoms with Crippen LogP contribution >= 0.6 is 0 Å². The first-order valence-corrected chi connectivity index (χ1v) is 7.32. The van der Waals surface area contributed by atoms with Crippen molar-refractivity contribution in [2.45, 2.75) is 52.9 Å². The predicted molar refractivity (Wildman–Crippen MR) is 73.0 cm³/mol. The van der Waals surface area contributed by atoms with Gasteiger partial charge >= 0.3 is 11.9 Å². The van der Waals surface area contributed by atoms with Crippen molar-refractivity contribution in [1.82, 2.24) is 0 Å². The van der Waals surface area contributed by atoms with Crippen LogP contribution in [0, 0.1) is 11.3 Å². The lowest BCUT2D eigenvalue weighted by atomic mass is 9.73. The molecule has 1 aliphatic carbocycles. The second-order valence-electron chi connectivity index (χ2n) is 5.33. The molecule has 0 aromatic carbocycles. The molecule has 0 radical (unpaired) electrons. The summed E-state index contributed by atoms with van der Waals surface area (Å²) in [4.78, 5) is 36.3. The molecule has 5 nitrogen and oxygen atoms in total. The highest BCUT2D eigenvalue weighted by Crippen LogP contribution is 2.39. The van der Waals surface area contributed by atoms with Crippen molar-refractivity contribution in [3.8, 4) is 0 Å². The molecule has 0 aromatic heterocycles. The Morgan fingerprint density at radius 1 is 1.15 bits per heavy atom. The van der Waals surface area contributed by atoms with Crippen LogP contribution in [0.1, 0.15) is 52.9 Å². The SMILES string of the molecule is CCOC(=O)C(C)(C(=O)OCC)C1CCCCC(=O)C1. The van der Waals surface area contributed by atoms with E-state index in [4.69, 9.17) is 9.47 Å². The van der Waals surface area contributed by atoms with E-state index < -0.39 is 17.4 Å². The second kappa shape index (κ2) is 7.41. The molecule has 1 atom stereocenters. The Kier molecular flexibility index (Phi) is 6.17. The maximum Gasteiger partial charge on any atom is 0.323 e. The lowest BCUT2D eigenvalue weighted by Crippen LogP contribution is -2.46. The number of ether oxygens (including phenoxy) is 2. The normalized spacial score (nSPS) is 20.1. The van der Waals surface area contributed by atoms with Crippen LogP contribution in [0.3, 0.4) is 0 Å². The molecule has 0 bridgehead atoms. The highest BCUT2D eigenvalue weighted by molar-refractivity contribution is 6.00. The maximum atomic E-state index is 12.3. The maximum absolute atomic E-state index is 12.3. The zero-order chi connectivity index (χ0) is 15.2. The van der Waals surface area contributed by atoms with Gasteiger partial charge in [-0.1, -0.05) is 6.42 Å². The van der Waals surface area contributed by atoms with Gasteiger partial charge in [0, 0.05) is 12.8 Å². The van der Waals surface area contributed by atoms with Crippen LogP contribution in [0.15, 0.2) is 0 Å². The van der Waals surface area contributed by atoms with Crippen LogP contribution in [-0.4, -0.2) is 30.9 Å². The molecule has 0 aromatic rings. The van der Waals surface area contributed by atoms with Gasteiger partial charge in [0.25, 0.3) is 0 Å².